The van der Waals surface area contributed by atoms with Crippen molar-refractivity contribution in [1.29, 1.82) is 0 Å². The Labute approximate surface area is 153 Å². The zero-order valence-corrected chi connectivity index (χ0v) is 16.0. The fourth-order valence-electron chi connectivity index (χ4n) is 3.23. The molecular weight excluding hydrogens is 357 g/mol. The number of hydrogen-bond donors (Lipinski definition) is 1. The van der Waals surface area contributed by atoms with Crippen molar-refractivity contribution in [3.8, 4) is 11.5 Å². The summed E-state index contributed by atoms with van der Waals surface area (Å²) in [4.78, 5) is 0.0678. The van der Waals surface area contributed by atoms with Crippen LogP contribution in [0.5, 0.6) is 11.5 Å². The van der Waals surface area contributed by atoms with Crippen molar-refractivity contribution in [2.45, 2.75) is 43.7 Å². The van der Waals surface area contributed by atoms with Gasteiger partial charge in [0.25, 0.3) is 0 Å². The van der Waals surface area contributed by atoms with Gasteiger partial charge in [-0.2, -0.15) is 0 Å². The van der Waals surface area contributed by atoms with Crippen LogP contribution < -0.4 is 14.2 Å². The second-order valence-electron chi connectivity index (χ2n) is 7.05. The minimum Gasteiger partial charge on any atom is -0.497 e. The van der Waals surface area contributed by atoms with Crippen molar-refractivity contribution in [2.75, 3.05) is 7.11 Å². The molecule has 0 fully saturated rings. The molecule has 2 aromatic carbocycles. The molecule has 1 aliphatic heterocycles. The molecule has 0 spiro atoms. The number of benzene rings is 2. The highest BCUT2D eigenvalue weighted by Crippen LogP contribution is 2.41. The van der Waals surface area contributed by atoms with E-state index < -0.39 is 27.5 Å². The van der Waals surface area contributed by atoms with Crippen molar-refractivity contribution in [1.82, 2.24) is 4.72 Å². The number of methoxy groups -OCH3 is 1. The fourth-order valence-corrected chi connectivity index (χ4v) is 4.67. The lowest BCUT2D eigenvalue weighted by molar-refractivity contribution is 0.0699. The molecule has 140 valence electrons. The van der Waals surface area contributed by atoms with Gasteiger partial charge in [0.15, 0.2) is 0 Å². The average Bonchev–Trinajstić information content (AvgIpc) is 2.52. The van der Waals surface area contributed by atoms with E-state index in [1.165, 1.54) is 12.1 Å². The number of rotatable bonds is 4. The summed E-state index contributed by atoms with van der Waals surface area (Å²) in [6.07, 6.45) is 0.464. The number of fused-ring (bicyclic) bond motifs is 1. The van der Waals surface area contributed by atoms with Crippen LogP contribution in [0.1, 0.15) is 37.4 Å². The SMILES string of the molecule is COc1ccc2c(c1)OC(C)(C)CC2NS(=O)(=O)c1ccc(F)cc1C. The third-order valence-corrected chi connectivity index (χ3v) is 6.03. The van der Waals surface area contributed by atoms with Crippen LogP contribution in [0.15, 0.2) is 41.3 Å². The Morgan fingerprint density at radius 1 is 1.23 bits per heavy atom. The van der Waals surface area contributed by atoms with Crippen LogP contribution >= 0.6 is 0 Å². The lowest BCUT2D eigenvalue weighted by Crippen LogP contribution is -2.41. The maximum absolute atomic E-state index is 13.3. The Hall–Kier alpha value is -2.12. The quantitative estimate of drug-likeness (QED) is 0.879. The van der Waals surface area contributed by atoms with Gasteiger partial charge in [0, 0.05) is 18.1 Å². The predicted molar refractivity (Wildman–Crippen MR) is 96.5 cm³/mol. The van der Waals surface area contributed by atoms with Gasteiger partial charge in [0.2, 0.25) is 10.0 Å². The summed E-state index contributed by atoms with van der Waals surface area (Å²) >= 11 is 0. The molecule has 3 rings (SSSR count). The molecule has 0 aliphatic carbocycles. The van der Waals surface area contributed by atoms with Crippen molar-refractivity contribution < 1.29 is 22.3 Å². The van der Waals surface area contributed by atoms with Crippen LogP contribution in [-0.2, 0) is 10.0 Å². The van der Waals surface area contributed by atoms with Crippen LogP contribution in [0.3, 0.4) is 0 Å². The summed E-state index contributed by atoms with van der Waals surface area (Å²) in [5.41, 5.74) is 0.553. The first-order valence-corrected chi connectivity index (χ1v) is 9.75. The average molecular weight is 379 g/mol. The number of hydrogen-bond acceptors (Lipinski definition) is 4. The molecule has 1 unspecified atom stereocenters. The first kappa shape index (κ1) is 18.7. The highest BCUT2D eigenvalue weighted by molar-refractivity contribution is 7.89. The van der Waals surface area contributed by atoms with E-state index in [2.05, 4.69) is 4.72 Å². The normalized spacial score (nSPS) is 18.7. The molecule has 0 radical (unpaired) electrons. The zero-order valence-electron chi connectivity index (χ0n) is 15.2. The summed E-state index contributed by atoms with van der Waals surface area (Å²) < 4.78 is 53.0. The number of halogens is 1. The van der Waals surface area contributed by atoms with E-state index >= 15 is 0 Å². The summed E-state index contributed by atoms with van der Waals surface area (Å²) in [5.74, 6) is 0.757. The molecule has 1 aliphatic rings. The van der Waals surface area contributed by atoms with Gasteiger partial charge in [0.05, 0.1) is 18.0 Å². The molecule has 0 saturated heterocycles. The molecule has 0 saturated carbocycles. The molecule has 0 amide bonds. The molecule has 0 bridgehead atoms. The largest absolute Gasteiger partial charge is 0.497 e. The Morgan fingerprint density at radius 2 is 1.96 bits per heavy atom. The van der Waals surface area contributed by atoms with E-state index in [9.17, 15) is 12.8 Å². The number of aryl methyl sites for hydroxylation is 1. The van der Waals surface area contributed by atoms with Gasteiger partial charge < -0.3 is 9.47 Å². The summed E-state index contributed by atoms with van der Waals surface area (Å²) in [7, 11) is -2.26. The van der Waals surface area contributed by atoms with E-state index in [4.69, 9.17) is 9.47 Å². The Morgan fingerprint density at radius 3 is 2.62 bits per heavy atom. The highest BCUT2D eigenvalue weighted by Gasteiger charge is 2.36. The van der Waals surface area contributed by atoms with Gasteiger partial charge >= 0.3 is 0 Å². The predicted octanol–water partition coefficient (Wildman–Crippen LogP) is 3.72. The van der Waals surface area contributed by atoms with E-state index in [1.54, 1.807) is 32.2 Å². The van der Waals surface area contributed by atoms with Crippen molar-refractivity contribution in [3.63, 3.8) is 0 Å². The molecule has 1 atom stereocenters. The van der Waals surface area contributed by atoms with Gasteiger partial charge in [-0.15, -0.1) is 0 Å². The van der Waals surface area contributed by atoms with Gasteiger partial charge in [-0.05, 0) is 50.6 Å². The van der Waals surface area contributed by atoms with E-state index in [0.717, 1.165) is 11.6 Å². The monoisotopic (exact) mass is 379 g/mol. The molecular formula is C19H22FNO4S. The third kappa shape index (κ3) is 3.68. The van der Waals surface area contributed by atoms with Crippen LogP contribution in [0, 0.1) is 12.7 Å². The van der Waals surface area contributed by atoms with E-state index in [1.807, 2.05) is 13.8 Å². The topological polar surface area (TPSA) is 64.6 Å². The second-order valence-corrected chi connectivity index (χ2v) is 8.74. The van der Waals surface area contributed by atoms with Gasteiger partial charge in [0.1, 0.15) is 22.9 Å². The molecule has 26 heavy (non-hydrogen) atoms. The zero-order chi connectivity index (χ0) is 19.1. The van der Waals surface area contributed by atoms with E-state index in [-0.39, 0.29) is 4.90 Å². The van der Waals surface area contributed by atoms with Crippen LogP contribution in [0.2, 0.25) is 0 Å². The van der Waals surface area contributed by atoms with E-state index in [0.29, 0.717) is 23.5 Å². The lowest BCUT2D eigenvalue weighted by Gasteiger charge is -2.38. The second kappa shape index (κ2) is 6.55. The number of nitrogens with one attached hydrogen (secondary N) is 1. The molecule has 2 aromatic rings. The Bertz CT molecular complexity index is 941. The first-order valence-electron chi connectivity index (χ1n) is 8.27. The minimum atomic E-state index is -3.82. The first-order chi connectivity index (χ1) is 12.1. The molecule has 1 N–H and O–H groups in total. The van der Waals surface area contributed by atoms with Crippen LogP contribution in [0.4, 0.5) is 4.39 Å². The Balaban J connectivity index is 1.99. The van der Waals surface area contributed by atoms with Crippen LogP contribution in [0.25, 0.3) is 0 Å². The fraction of sp³-hybridized carbons (Fsp3) is 0.368. The molecule has 7 heteroatoms. The van der Waals surface area contributed by atoms with Gasteiger partial charge in [-0.25, -0.2) is 17.5 Å². The third-order valence-electron chi connectivity index (χ3n) is 4.40. The number of sulfonamides is 1. The molecule has 0 aromatic heterocycles. The summed E-state index contributed by atoms with van der Waals surface area (Å²) in [6, 6.07) is 8.50. The number of ether oxygens (including phenoxy) is 2. The highest BCUT2D eigenvalue weighted by atomic mass is 32.2. The molecule has 1 heterocycles. The maximum atomic E-state index is 13.3. The van der Waals surface area contributed by atoms with Crippen LogP contribution in [-0.4, -0.2) is 21.1 Å². The van der Waals surface area contributed by atoms with Gasteiger partial charge in [-0.3, -0.25) is 0 Å². The van der Waals surface area contributed by atoms with Crippen molar-refractivity contribution >= 4 is 10.0 Å². The standard InChI is InChI=1S/C19H22FNO4S/c1-12-9-13(20)5-8-18(12)26(22,23)21-16-11-19(2,3)25-17-10-14(24-4)6-7-15(16)17/h5-10,16,21H,11H2,1-4H3. The molecule has 5 nitrogen and oxygen atoms in total. The Kier molecular flexibility index (Phi) is 4.71. The summed E-state index contributed by atoms with van der Waals surface area (Å²) in [5, 5.41) is 0. The van der Waals surface area contributed by atoms with Gasteiger partial charge in [-0.1, -0.05) is 6.07 Å². The lowest BCUT2D eigenvalue weighted by atomic mass is 9.90. The smallest absolute Gasteiger partial charge is 0.241 e. The van der Waals surface area contributed by atoms with Crippen molar-refractivity contribution in [3.05, 3.63) is 53.3 Å². The maximum Gasteiger partial charge on any atom is 0.241 e. The van der Waals surface area contributed by atoms with Crippen molar-refractivity contribution in [2.24, 2.45) is 0 Å². The minimum absolute atomic E-state index is 0.0678. The summed E-state index contributed by atoms with van der Waals surface area (Å²) in [6.45, 7) is 5.38.